The van der Waals surface area contributed by atoms with Crippen LogP contribution >= 0.6 is 0 Å². The zero-order valence-corrected chi connectivity index (χ0v) is 14.3. The highest BCUT2D eigenvalue weighted by atomic mass is 16.3. The Bertz CT molecular complexity index is 958. The van der Waals surface area contributed by atoms with Crippen LogP contribution in [0.3, 0.4) is 0 Å². The van der Waals surface area contributed by atoms with Gasteiger partial charge in [0.2, 0.25) is 0 Å². The molecule has 0 radical (unpaired) electrons. The Morgan fingerprint density at radius 3 is 2.96 bits per heavy atom. The van der Waals surface area contributed by atoms with Crippen LogP contribution in [0, 0.1) is 6.92 Å². The average molecular weight is 340 g/mol. The second-order valence-corrected chi connectivity index (χ2v) is 6.18. The molecule has 3 aromatic heterocycles. The first-order chi connectivity index (χ1) is 12.1. The number of hydrogen-bond acceptors (Lipinski definition) is 5. The van der Waals surface area contributed by atoms with Crippen molar-refractivity contribution in [2.75, 3.05) is 6.54 Å². The minimum Gasteiger partial charge on any atom is -0.390 e. The van der Waals surface area contributed by atoms with Gasteiger partial charge in [0.25, 0.3) is 5.91 Å². The molecule has 0 bridgehead atoms. The zero-order valence-electron chi connectivity index (χ0n) is 14.3. The minimum absolute atomic E-state index is 0.0562. The van der Waals surface area contributed by atoms with Crippen molar-refractivity contribution in [3.63, 3.8) is 0 Å². The zero-order chi connectivity index (χ0) is 17.6. The number of carbonyl (C=O) groups is 1. The van der Waals surface area contributed by atoms with E-state index in [4.69, 9.17) is 0 Å². The maximum atomic E-state index is 13.1. The van der Waals surface area contributed by atoms with E-state index >= 15 is 0 Å². The van der Waals surface area contributed by atoms with Crippen LogP contribution in [0.5, 0.6) is 0 Å². The smallest absolute Gasteiger partial charge is 0.258 e. The van der Waals surface area contributed by atoms with E-state index < -0.39 is 0 Å². The Morgan fingerprint density at radius 2 is 2.20 bits per heavy atom. The van der Waals surface area contributed by atoms with Crippen molar-refractivity contribution in [1.82, 2.24) is 29.5 Å². The molecule has 3 aromatic rings. The van der Waals surface area contributed by atoms with Crippen molar-refractivity contribution in [2.24, 2.45) is 0 Å². The highest BCUT2D eigenvalue weighted by Crippen LogP contribution is 2.25. The molecule has 4 heterocycles. The summed E-state index contributed by atoms with van der Waals surface area (Å²) in [6, 6.07) is 3.65. The van der Waals surface area contributed by atoms with Crippen LogP contribution in [0.25, 0.3) is 5.52 Å². The van der Waals surface area contributed by atoms with Crippen LogP contribution in [0.2, 0.25) is 0 Å². The Balaban J connectivity index is 1.70. The van der Waals surface area contributed by atoms with Crippen molar-refractivity contribution in [1.29, 1.82) is 0 Å². The molecule has 1 N–H and O–H groups in total. The second-order valence-electron chi connectivity index (χ2n) is 6.18. The fourth-order valence-electron chi connectivity index (χ4n) is 3.55. The summed E-state index contributed by atoms with van der Waals surface area (Å²) in [6.45, 7) is 5.58. The molecular weight excluding hydrogens is 320 g/mol. The van der Waals surface area contributed by atoms with E-state index in [1.165, 1.54) is 4.63 Å². The molecule has 130 valence electrons. The Labute approximate surface area is 144 Å². The lowest BCUT2D eigenvalue weighted by Gasteiger charge is -2.28. The van der Waals surface area contributed by atoms with Gasteiger partial charge in [0.1, 0.15) is 5.52 Å². The molecule has 0 fully saturated rings. The van der Waals surface area contributed by atoms with E-state index in [2.05, 4.69) is 15.3 Å². The maximum absolute atomic E-state index is 13.1. The van der Waals surface area contributed by atoms with Crippen LogP contribution < -0.4 is 0 Å². The van der Waals surface area contributed by atoms with Gasteiger partial charge in [0.15, 0.2) is 0 Å². The number of aromatic nitrogens is 5. The summed E-state index contributed by atoms with van der Waals surface area (Å²) in [4.78, 5) is 14.9. The molecule has 4 rings (SSSR count). The normalized spacial score (nSPS) is 14.1. The van der Waals surface area contributed by atoms with Crippen LogP contribution in [0.15, 0.2) is 18.3 Å². The van der Waals surface area contributed by atoms with Gasteiger partial charge >= 0.3 is 0 Å². The molecule has 25 heavy (non-hydrogen) atoms. The summed E-state index contributed by atoms with van der Waals surface area (Å²) < 4.78 is 3.42. The Morgan fingerprint density at radius 1 is 1.36 bits per heavy atom. The summed E-state index contributed by atoms with van der Waals surface area (Å²) in [5, 5.41) is 22.5. The van der Waals surface area contributed by atoms with Crippen LogP contribution in [-0.2, 0) is 26.1 Å². The van der Waals surface area contributed by atoms with Gasteiger partial charge < -0.3 is 10.0 Å². The molecule has 8 heteroatoms. The number of aryl methyl sites for hydroxylation is 2. The van der Waals surface area contributed by atoms with Crippen molar-refractivity contribution in [3.8, 4) is 0 Å². The van der Waals surface area contributed by atoms with Crippen LogP contribution in [0.4, 0.5) is 0 Å². The average Bonchev–Trinajstić information content (AvgIpc) is 3.16. The minimum atomic E-state index is -0.114. The van der Waals surface area contributed by atoms with E-state index in [0.717, 1.165) is 24.2 Å². The molecule has 0 unspecified atom stereocenters. The SMILES string of the molecule is CCn1nc(CO)c2c1CCN(C(=O)c1c(C)nn3ncccc13)C2. The van der Waals surface area contributed by atoms with Gasteiger partial charge in [-0.1, -0.05) is 0 Å². The van der Waals surface area contributed by atoms with Gasteiger partial charge in [-0.05, 0) is 26.0 Å². The fraction of sp³-hybridized carbons (Fsp3) is 0.412. The summed E-state index contributed by atoms with van der Waals surface area (Å²) in [5.74, 6) is -0.0562. The monoisotopic (exact) mass is 340 g/mol. The highest BCUT2D eigenvalue weighted by molar-refractivity contribution is 6.01. The van der Waals surface area contributed by atoms with Gasteiger partial charge in [0, 0.05) is 43.5 Å². The number of nitrogens with zero attached hydrogens (tertiary/aromatic N) is 6. The third-order valence-corrected chi connectivity index (χ3v) is 4.76. The van der Waals surface area contributed by atoms with Crippen molar-refractivity contribution < 1.29 is 9.90 Å². The summed E-state index contributed by atoms with van der Waals surface area (Å²) in [6.07, 6.45) is 2.38. The van der Waals surface area contributed by atoms with Crippen LogP contribution in [-0.4, -0.2) is 47.1 Å². The van der Waals surface area contributed by atoms with Gasteiger partial charge in [-0.25, -0.2) is 0 Å². The van der Waals surface area contributed by atoms with Crippen molar-refractivity contribution in [3.05, 3.63) is 46.5 Å². The molecular formula is C17H20N6O2. The molecule has 0 aromatic carbocycles. The van der Waals surface area contributed by atoms with E-state index in [1.807, 2.05) is 24.6 Å². The molecule has 1 aliphatic heterocycles. The predicted octanol–water partition coefficient (Wildman–Crippen LogP) is 0.945. The number of carbonyl (C=O) groups excluding carboxylic acids is 1. The molecule has 0 saturated heterocycles. The molecule has 0 spiro atoms. The van der Waals surface area contributed by atoms with E-state index in [0.29, 0.717) is 35.6 Å². The third-order valence-electron chi connectivity index (χ3n) is 4.76. The first-order valence-corrected chi connectivity index (χ1v) is 8.42. The number of amides is 1. The predicted molar refractivity (Wildman–Crippen MR) is 90.0 cm³/mol. The molecule has 8 nitrogen and oxygen atoms in total. The molecule has 1 aliphatic rings. The molecule has 1 amide bonds. The number of hydrogen-bond donors (Lipinski definition) is 1. The summed E-state index contributed by atoms with van der Waals surface area (Å²) in [7, 11) is 0. The van der Waals surface area contributed by atoms with Crippen molar-refractivity contribution in [2.45, 2.75) is 40.0 Å². The van der Waals surface area contributed by atoms with Gasteiger partial charge in [-0.15, -0.1) is 0 Å². The molecule has 0 aliphatic carbocycles. The van der Waals surface area contributed by atoms with E-state index in [-0.39, 0.29) is 12.5 Å². The second kappa shape index (κ2) is 5.96. The fourth-order valence-corrected chi connectivity index (χ4v) is 3.55. The first kappa shape index (κ1) is 15.8. The lowest BCUT2D eigenvalue weighted by Crippen LogP contribution is -2.36. The van der Waals surface area contributed by atoms with Crippen LogP contribution in [0.1, 0.15) is 39.9 Å². The number of rotatable bonds is 3. The highest BCUT2D eigenvalue weighted by Gasteiger charge is 2.29. The van der Waals surface area contributed by atoms with E-state index in [1.54, 1.807) is 17.2 Å². The molecule has 0 saturated carbocycles. The lowest BCUT2D eigenvalue weighted by atomic mass is 10.0. The number of aliphatic hydroxyl groups is 1. The number of fused-ring (bicyclic) bond motifs is 2. The first-order valence-electron chi connectivity index (χ1n) is 8.42. The standard InChI is InChI=1S/C17H20N6O2/c1-3-22-14-6-8-21(9-12(14)13(10-24)20-22)17(25)16-11(2)19-23-15(16)5-4-7-18-23/h4-5,7,24H,3,6,8-10H2,1-2H3. The topological polar surface area (TPSA) is 88.5 Å². The summed E-state index contributed by atoms with van der Waals surface area (Å²) in [5.41, 5.74) is 4.71. The maximum Gasteiger partial charge on any atom is 0.258 e. The lowest BCUT2D eigenvalue weighted by molar-refractivity contribution is 0.0733. The van der Waals surface area contributed by atoms with Gasteiger partial charge in [-0.3, -0.25) is 9.48 Å². The Hall–Kier alpha value is -2.74. The van der Waals surface area contributed by atoms with Gasteiger partial charge in [0.05, 0.1) is 23.6 Å². The van der Waals surface area contributed by atoms with Crippen molar-refractivity contribution >= 4 is 11.4 Å². The van der Waals surface area contributed by atoms with Gasteiger partial charge in [-0.2, -0.15) is 19.9 Å². The Kier molecular flexibility index (Phi) is 3.76. The third kappa shape index (κ3) is 2.41. The quantitative estimate of drug-likeness (QED) is 0.767. The molecule has 0 atom stereocenters. The van der Waals surface area contributed by atoms with E-state index in [9.17, 15) is 9.90 Å². The number of aliphatic hydroxyl groups excluding tert-OH is 1. The largest absolute Gasteiger partial charge is 0.390 e. The summed E-state index contributed by atoms with van der Waals surface area (Å²) >= 11 is 0.